The number of hydrogen-bond acceptors (Lipinski definition) is 3. The molecule has 3 aromatic rings. The highest BCUT2D eigenvalue weighted by molar-refractivity contribution is 5.91. The molecule has 0 atom stereocenters. The van der Waals surface area contributed by atoms with Gasteiger partial charge in [-0.2, -0.15) is 0 Å². The number of nitrogens with zero attached hydrogens (tertiary/aromatic N) is 2. The van der Waals surface area contributed by atoms with Crippen molar-refractivity contribution in [2.24, 2.45) is 0 Å². The van der Waals surface area contributed by atoms with Crippen molar-refractivity contribution in [3.63, 3.8) is 0 Å². The molecule has 120 valence electrons. The molecule has 24 heavy (non-hydrogen) atoms. The molecular weight excluding hydrogens is 300 g/mol. The van der Waals surface area contributed by atoms with Crippen molar-refractivity contribution in [3.8, 4) is 0 Å². The van der Waals surface area contributed by atoms with Crippen LogP contribution in [0.3, 0.4) is 0 Å². The summed E-state index contributed by atoms with van der Waals surface area (Å²) in [6.07, 6.45) is 8.39. The predicted octanol–water partition coefficient (Wildman–Crippen LogP) is 3.92. The molecule has 0 spiro atoms. The Morgan fingerprint density at radius 1 is 1.04 bits per heavy atom. The Morgan fingerprint density at radius 2 is 1.92 bits per heavy atom. The largest absolute Gasteiger partial charge is 0.467 e. The first kappa shape index (κ1) is 15.7. The van der Waals surface area contributed by atoms with E-state index in [1.54, 1.807) is 35.7 Å². The van der Waals surface area contributed by atoms with Gasteiger partial charge in [-0.3, -0.25) is 9.78 Å². The molecular formula is C20H18N2O2. The van der Waals surface area contributed by atoms with E-state index in [-0.39, 0.29) is 5.91 Å². The van der Waals surface area contributed by atoms with E-state index in [2.05, 4.69) is 4.98 Å². The van der Waals surface area contributed by atoms with E-state index < -0.39 is 0 Å². The average molecular weight is 318 g/mol. The molecule has 3 rings (SSSR count). The van der Waals surface area contributed by atoms with Crippen LogP contribution in [0.2, 0.25) is 0 Å². The Hall–Kier alpha value is -3.14. The molecule has 0 aliphatic rings. The van der Waals surface area contributed by atoms with E-state index in [1.807, 2.05) is 54.6 Å². The standard InChI is InChI=1S/C20H18N2O2/c23-20(11-10-17-8-4-12-21-14-17)22(16-19-9-5-13-24-19)15-18-6-2-1-3-7-18/h1-14H,15-16H2/b11-10+. The molecule has 0 saturated carbocycles. The fourth-order valence-corrected chi connectivity index (χ4v) is 2.35. The first-order chi connectivity index (χ1) is 11.8. The van der Waals surface area contributed by atoms with Crippen LogP contribution >= 0.6 is 0 Å². The second-order valence-corrected chi connectivity index (χ2v) is 5.38. The monoisotopic (exact) mass is 318 g/mol. The van der Waals surface area contributed by atoms with Crippen molar-refractivity contribution in [1.82, 2.24) is 9.88 Å². The van der Waals surface area contributed by atoms with Crippen molar-refractivity contribution in [3.05, 3.63) is 96.2 Å². The normalized spacial score (nSPS) is 10.8. The number of benzene rings is 1. The maximum Gasteiger partial charge on any atom is 0.247 e. The van der Waals surface area contributed by atoms with Crippen molar-refractivity contribution in [2.45, 2.75) is 13.1 Å². The zero-order valence-corrected chi connectivity index (χ0v) is 13.2. The third-order valence-electron chi connectivity index (χ3n) is 3.56. The van der Waals surface area contributed by atoms with Gasteiger partial charge >= 0.3 is 0 Å². The number of hydrogen-bond donors (Lipinski definition) is 0. The van der Waals surface area contributed by atoms with Crippen LogP contribution in [0.25, 0.3) is 6.08 Å². The van der Waals surface area contributed by atoms with Crippen LogP contribution in [-0.4, -0.2) is 15.8 Å². The van der Waals surface area contributed by atoms with E-state index in [1.165, 1.54) is 0 Å². The molecule has 0 N–H and O–H groups in total. The van der Waals surface area contributed by atoms with Gasteiger partial charge in [-0.1, -0.05) is 36.4 Å². The molecule has 0 aliphatic heterocycles. The smallest absolute Gasteiger partial charge is 0.247 e. The minimum Gasteiger partial charge on any atom is -0.467 e. The van der Waals surface area contributed by atoms with Crippen LogP contribution in [0, 0.1) is 0 Å². The lowest BCUT2D eigenvalue weighted by Crippen LogP contribution is -2.28. The second kappa shape index (κ2) is 7.92. The third kappa shape index (κ3) is 4.43. The molecule has 0 fully saturated rings. The van der Waals surface area contributed by atoms with E-state index in [0.29, 0.717) is 13.1 Å². The third-order valence-corrected chi connectivity index (χ3v) is 3.56. The van der Waals surface area contributed by atoms with Gasteiger partial charge < -0.3 is 9.32 Å². The zero-order chi connectivity index (χ0) is 16.6. The van der Waals surface area contributed by atoms with Gasteiger partial charge in [-0.15, -0.1) is 0 Å². The molecule has 2 aromatic heterocycles. The Kier molecular flexibility index (Phi) is 5.20. The zero-order valence-electron chi connectivity index (χ0n) is 13.2. The maximum atomic E-state index is 12.6. The molecule has 0 unspecified atom stereocenters. The SMILES string of the molecule is O=C(/C=C/c1cccnc1)N(Cc1ccccc1)Cc1ccco1. The van der Waals surface area contributed by atoms with E-state index in [4.69, 9.17) is 4.42 Å². The minimum absolute atomic E-state index is 0.0703. The lowest BCUT2D eigenvalue weighted by atomic mass is 10.2. The summed E-state index contributed by atoms with van der Waals surface area (Å²) in [5.74, 6) is 0.688. The fraction of sp³-hybridized carbons (Fsp3) is 0.100. The average Bonchev–Trinajstić information content (AvgIpc) is 3.14. The summed E-state index contributed by atoms with van der Waals surface area (Å²) in [5, 5.41) is 0. The van der Waals surface area contributed by atoms with Crippen LogP contribution in [0.4, 0.5) is 0 Å². The summed E-state index contributed by atoms with van der Waals surface area (Å²) >= 11 is 0. The summed E-state index contributed by atoms with van der Waals surface area (Å²) in [6, 6.07) is 17.4. The topological polar surface area (TPSA) is 46.3 Å². The minimum atomic E-state index is -0.0703. The number of carbonyl (C=O) groups is 1. The highest BCUT2D eigenvalue weighted by atomic mass is 16.3. The van der Waals surface area contributed by atoms with Gasteiger partial charge in [0.25, 0.3) is 0 Å². The van der Waals surface area contributed by atoms with Gasteiger partial charge in [0.1, 0.15) is 5.76 Å². The van der Waals surface area contributed by atoms with Crippen molar-refractivity contribution < 1.29 is 9.21 Å². The fourth-order valence-electron chi connectivity index (χ4n) is 2.35. The molecule has 2 heterocycles. The van der Waals surface area contributed by atoms with Crippen LogP contribution in [-0.2, 0) is 17.9 Å². The number of aromatic nitrogens is 1. The summed E-state index contributed by atoms with van der Waals surface area (Å²) in [7, 11) is 0. The van der Waals surface area contributed by atoms with Gasteiger partial charge in [-0.05, 0) is 35.4 Å². The van der Waals surface area contributed by atoms with Crippen LogP contribution in [0.5, 0.6) is 0 Å². The van der Waals surface area contributed by atoms with Gasteiger partial charge in [0.05, 0.1) is 12.8 Å². The lowest BCUT2D eigenvalue weighted by Gasteiger charge is -2.20. The first-order valence-corrected chi connectivity index (χ1v) is 7.74. The molecule has 0 radical (unpaired) electrons. The van der Waals surface area contributed by atoms with E-state index in [9.17, 15) is 4.79 Å². The number of amides is 1. The Labute approximate surface area is 141 Å². The van der Waals surface area contributed by atoms with Crippen LogP contribution in [0.1, 0.15) is 16.9 Å². The Balaban J connectivity index is 1.75. The van der Waals surface area contributed by atoms with Crippen LogP contribution in [0.15, 0.2) is 83.7 Å². The maximum absolute atomic E-state index is 12.6. The van der Waals surface area contributed by atoms with E-state index >= 15 is 0 Å². The van der Waals surface area contributed by atoms with Gasteiger partial charge in [0.2, 0.25) is 5.91 Å². The Morgan fingerprint density at radius 3 is 2.62 bits per heavy atom. The second-order valence-electron chi connectivity index (χ2n) is 5.38. The van der Waals surface area contributed by atoms with Crippen molar-refractivity contribution in [2.75, 3.05) is 0 Å². The molecule has 1 aromatic carbocycles. The van der Waals surface area contributed by atoms with Gasteiger partial charge in [-0.25, -0.2) is 0 Å². The van der Waals surface area contributed by atoms with Gasteiger partial charge in [0, 0.05) is 25.0 Å². The predicted molar refractivity (Wildman–Crippen MR) is 92.7 cm³/mol. The lowest BCUT2D eigenvalue weighted by molar-refractivity contribution is -0.127. The first-order valence-electron chi connectivity index (χ1n) is 7.74. The van der Waals surface area contributed by atoms with Crippen molar-refractivity contribution in [1.29, 1.82) is 0 Å². The van der Waals surface area contributed by atoms with Crippen molar-refractivity contribution >= 4 is 12.0 Å². The summed E-state index contributed by atoms with van der Waals surface area (Å²) in [5.41, 5.74) is 1.97. The molecule has 0 saturated heterocycles. The number of furan rings is 1. The molecule has 1 amide bonds. The molecule has 4 heteroatoms. The number of rotatable bonds is 6. The molecule has 0 aliphatic carbocycles. The van der Waals surface area contributed by atoms with Gasteiger partial charge in [0.15, 0.2) is 0 Å². The molecule has 0 bridgehead atoms. The quantitative estimate of drug-likeness (QED) is 0.647. The molecule has 4 nitrogen and oxygen atoms in total. The highest BCUT2D eigenvalue weighted by Crippen LogP contribution is 2.12. The summed E-state index contributed by atoms with van der Waals surface area (Å²) < 4.78 is 5.39. The Bertz CT molecular complexity index is 781. The number of carbonyl (C=O) groups excluding carboxylic acids is 1. The number of pyridine rings is 1. The summed E-state index contributed by atoms with van der Waals surface area (Å²) in [6.45, 7) is 0.954. The summed E-state index contributed by atoms with van der Waals surface area (Å²) in [4.78, 5) is 18.4. The van der Waals surface area contributed by atoms with Crippen LogP contribution < -0.4 is 0 Å². The highest BCUT2D eigenvalue weighted by Gasteiger charge is 2.13. The van der Waals surface area contributed by atoms with E-state index in [0.717, 1.165) is 16.9 Å².